The summed E-state index contributed by atoms with van der Waals surface area (Å²) in [6.07, 6.45) is 0. The molecule has 1 aromatic carbocycles. The largest absolute Gasteiger partial charge is 0.484 e. The van der Waals surface area contributed by atoms with Crippen LogP contribution in [0.25, 0.3) is 23.0 Å². The third-order valence-corrected chi connectivity index (χ3v) is 4.78. The molecule has 10 nitrogen and oxygen atoms in total. The van der Waals surface area contributed by atoms with Gasteiger partial charge in [-0.2, -0.15) is 4.98 Å². The normalized spacial score (nSPS) is 11.3. The van der Waals surface area contributed by atoms with Crippen molar-refractivity contribution in [3.05, 3.63) is 36.4 Å². The average Bonchev–Trinajstić information content (AvgIpc) is 3.36. The van der Waals surface area contributed by atoms with Crippen molar-refractivity contribution in [1.82, 2.24) is 20.2 Å². The molecule has 1 amide bonds. The average molecular weight is 392 g/mol. The first-order chi connectivity index (χ1) is 12.9. The van der Waals surface area contributed by atoms with Gasteiger partial charge in [0, 0.05) is 12.6 Å². The molecule has 0 saturated carbocycles. The van der Waals surface area contributed by atoms with E-state index in [1.165, 1.54) is 26.2 Å². The van der Waals surface area contributed by atoms with Crippen molar-refractivity contribution in [2.45, 2.75) is 5.09 Å². The van der Waals surface area contributed by atoms with E-state index in [0.29, 0.717) is 11.3 Å². The maximum Gasteiger partial charge on any atom is 0.293 e. The van der Waals surface area contributed by atoms with Crippen LogP contribution in [0.2, 0.25) is 0 Å². The number of ether oxygens (including phenoxy) is 1. The third-order valence-electron chi connectivity index (χ3n) is 3.49. The lowest BCUT2D eigenvalue weighted by atomic mass is 10.2. The molecule has 0 saturated heterocycles. The first-order valence-corrected chi connectivity index (χ1v) is 9.22. The van der Waals surface area contributed by atoms with Crippen molar-refractivity contribution in [3.8, 4) is 28.8 Å². The molecule has 3 rings (SSSR count). The Balaban J connectivity index is 1.81. The third kappa shape index (κ3) is 4.15. The van der Waals surface area contributed by atoms with Gasteiger partial charge in [0.1, 0.15) is 5.75 Å². The number of carbonyl (C=O) groups excluding carboxylic acids is 1. The maximum absolute atomic E-state index is 11.7. The van der Waals surface area contributed by atoms with Gasteiger partial charge in [-0.25, -0.2) is 13.1 Å². The zero-order valence-corrected chi connectivity index (χ0v) is 15.2. The van der Waals surface area contributed by atoms with Crippen LogP contribution in [0, 0.1) is 0 Å². The number of nitrogens with one attached hydrogen (secondary N) is 2. The second-order valence-electron chi connectivity index (χ2n) is 5.24. The van der Waals surface area contributed by atoms with Crippen molar-refractivity contribution < 1.29 is 26.9 Å². The Labute approximate surface area is 154 Å². The monoisotopic (exact) mass is 392 g/mol. The molecule has 0 aliphatic carbocycles. The van der Waals surface area contributed by atoms with Crippen LogP contribution in [0.1, 0.15) is 0 Å². The van der Waals surface area contributed by atoms with Crippen molar-refractivity contribution in [1.29, 1.82) is 0 Å². The van der Waals surface area contributed by atoms with Crippen LogP contribution in [0.4, 0.5) is 0 Å². The smallest absolute Gasteiger partial charge is 0.293 e. The zero-order chi connectivity index (χ0) is 19.4. The molecule has 3 aromatic rings. The summed E-state index contributed by atoms with van der Waals surface area (Å²) in [6, 6.07) is 9.50. The molecule has 27 heavy (non-hydrogen) atoms. The van der Waals surface area contributed by atoms with E-state index in [9.17, 15) is 13.2 Å². The summed E-state index contributed by atoms with van der Waals surface area (Å²) < 4.78 is 41.4. The molecule has 2 heterocycles. The van der Waals surface area contributed by atoms with Crippen LogP contribution in [-0.4, -0.2) is 45.2 Å². The standard InChI is InChI=1S/C16H16N4O6S/c1-17-13(21)9-24-11-5-3-4-10(8-11)15-19-16(26-20-15)12-6-7-14(25-12)27(22,23)18-2/h3-8,18H,9H2,1-2H3,(H,17,21). The minimum absolute atomic E-state index is 0.0271. The van der Waals surface area contributed by atoms with Gasteiger partial charge in [0.15, 0.2) is 12.4 Å². The van der Waals surface area contributed by atoms with E-state index in [0.717, 1.165) is 0 Å². The SMILES string of the molecule is CNC(=O)COc1cccc(-c2noc(-c3ccc(S(=O)(=O)NC)o3)n2)c1. The lowest BCUT2D eigenvalue weighted by molar-refractivity contribution is -0.122. The molecule has 0 bridgehead atoms. The first-order valence-electron chi connectivity index (χ1n) is 7.74. The lowest BCUT2D eigenvalue weighted by Crippen LogP contribution is -2.24. The number of hydrogen-bond acceptors (Lipinski definition) is 8. The molecule has 0 fully saturated rings. The fraction of sp³-hybridized carbons (Fsp3) is 0.188. The van der Waals surface area contributed by atoms with E-state index < -0.39 is 10.0 Å². The van der Waals surface area contributed by atoms with Crippen LogP contribution in [0.5, 0.6) is 5.75 Å². The predicted molar refractivity (Wildman–Crippen MR) is 93.2 cm³/mol. The van der Waals surface area contributed by atoms with Gasteiger partial charge in [0.25, 0.3) is 21.8 Å². The summed E-state index contributed by atoms with van der Waals surface area (Å²) in [6.45, 7) is -0.118. The molecule has 0 aliphatic heterocycles. The Morgan fingerprint density at radius 2 is 2.04 bits per heavy atom. The Bertz CT molecular complexity index is 1060. The molecule has 2 aromatic heterocycles. The highest BCUT2D eigenvalue weighted by molar-refractivity contribution is 7.89. The highest BCUT2D eigenvalue weighted by Crippen LogP contribution is 2.27. The minimum atomic E-state index is -3.71. The zero-order valence-electron chi connectivity index (χ0n) is 14.4. The lowest BCUT2D eigenvalue weighted by Gasteiger charge is -2.05. The van der Waals surface area contributed by atoms with Gasteiger partial charge >= 0.3 is 0 Å². The molecule has 0 spiro atoms. The van der Waals surface area contributed by atoms with Gasteiger partial charge in [-0.15, -0.1) is 0 Å². The molecular formula is C16H16N4O6S. The second kappa shape index (κ2) is 7.60. The summed E-state index contributed by atoms with van der Waals surface area (Å²) in [4.78, 5) is 15.5. The molecular weight excluding hydrogens is 376 g/mol. The van der Waals surface area contributed by atoms with E-state index in [-0.39, 0.29) is 35.1 Å². The van der Waals surface area contributed by atoms with Gasteiger partial charge in [-0.1, -0.05) is 17.3 Å². The number of rotatable bonds is 7. The number of carbonyl (C=O) groups is 1. The number of nitrogens with zero attached hydrogens (tertiary/aromatic N) is 2. The Morgan fingerprint density at radius 3 is 2.78 bits per heavy atom. The quantitative estimate of drug-likeness (QED) is 0.608. The fourth-order valence-electron chi connectivity index (χ4n) is 2.07. The molecule has 0 unspecified atom stereocenters. The Kier molecular flexibility index (Phi) is 5.23. The van der Waals surface area contributed by atoms with Gasteiger partial charge in [0.05, 0.1) is 0 Å². The van der Waals surface area contributed by atoms with Crippen molar-refractivity contribution in [2.75, 3.05) is 20.7 Å². The Hall–Kier alpha value is -3.18. The van der Waals surface area contributed by atoms with Gasteiger partial charge in [-0.3, -0.25) is 4.79 Å². The van der Waals surface area contributed by atoms with Gasteiger partial charge < -0.3 is 19.0 Å². The maximum atomic E-state index is 11.7. The second-order valence-corrected chi connectivity index (χ2v) is 7.06. The number of furan rings is 1. The minimum Gasteiger partial charge on any atom is -0.484 e. The predicted octanol–water partition coefficient (Wildman–Crippen LogP) is 1.03. The van der Waals surface area contributed by atoms with E-state index in [2.05, 4.69) is 20.2 Å². The Morgan fingerprint density at radius 1 is 1.22 bits per heavy atom. The van der Waals surface area contributed by atoms with E-state index in [1.54, 1.807) is 24.3 Å². The summed E-state index contributed by atoms with van der Waals surface area (Å²) in [5.41, 5.74) is 0.592. The molecule has 0 atom stereocenters. The molecule has 0 aliphatic rings. The number of sulfonamides is 1. The number of likely N-dealkylation sites (N-methyl/N-ethyl adjacent to an activating group) is 1. The van der Waals surface area contributed by atoms with Crippen LogP contribution >= 0.6 is 0 Å². The summed E-state index contributed by atoms with van der Waals surface area (Å²) in [7, 11) is -0.910. The number of benzene rings is 1. The summed E-state index contributed by atoms with van der Waals surface area (Å²) in [5.74, 6) is 0.605. The fourth-order valence-corrected chi connectivity index (χ4v) is 2.71. The molecule has 2 N–H and O–H groups in total. The first kappa shape index (κ1) is 18.6. The number of aromatic nitrogens is 2. The molecule has 11 heteroatoms. The number of hydrogen-bond donors (Lipinski definition) is 2. The highest BCUT2D eigenvalue weighted by atomic mass is 32.2. The summed E-state index contributed by atoms with van der Waals surface area (Å²) >= 11 is 0. The van der Waals surface area contributed by atoms with Gasteiger partial charge in [0.2, 0.25) is 10.9 Å². The van der Waals surface area contributed by atoms with Crippen LogP contribution in [0.15, 0.2) is 50.4 Å². The van der Waals surface area contributed by atoms with Crippen LogP contribution < -0.4 is 14.8 Å². The van der Waals surface area contributed by atoms with Crippen LogP contribution in [-0.2, 0) is 14.8 Å². The van der Waals surface area contributed by atoms with E-state index >= 15 is 0 Å². The number of amides is 1. The molecule has 0 radical (unpaired) electrons. The van der Waals surface area contributed by atoms with Crippen molar-refractivity contribution in [3.63, 3.8) is 0 Å². The van der Waals surface area contributed by atoms with Crippen LogP contribution in [0.3, 0.4) is 0 Å². The van der Waals surface area contributed by atoms with E-state index in [1.807, 2.05) is 0 Å². The van der Waals surface area contributed by atoms with Crippen molar-refractivity contribution in [2.24, 2.45) is 0 Å². The highest BCUT2D eigenvalue weighted by Gasteiger charge is 2.20. The van der Waals surface area contributed by atoms with E-state index in [4.69, 9.17) is 13.7 Å². The van der Waals surface area contributed by atoms with Gasteiger partial charge in [-0.05, 0) is 31.3 Å². The topological polar surface area (TPSA) is 137 Å². The summed E-state index contributed by atoms with van der Waals surface area (Å²) in [5, 5.41) is 6.06. The van der Waals surface area contributed by atoms with Crippen molar-refractivity contribution >= 4 is 15.9 Å². The molecule has 142 valence electrons.